The highest BCUT2D eigenvalue weighted by Crippen LogP contribution is 2.17. The molecule has 2 aromatic rings. The van der Waals surface area contributed by atoms with Crippen LogP contribution >= 0.6 is 0 Å². The molecule has 2 heterocycles. The van der Waals surface area contributed by atoms with Gasteiger partial charge in [-0.1, -0.05) is 12.8 Å². The lowest BCUT2D eigenvalue weighted by molar-refractivity contribution is -0.129. The van der Waals surface area contributed by atoms with Crippen LogP contribution in [0.5, 0.6) is 0 Å². The molecule has 2 rings (SSSR count). The number of carbonyl (C=O) groups is 1. The van der Waals surface area contributed by atoms with Crippen LogP contribution in [0.2, 0.25) is 0 Å². The summed E-state index contributed by atoms with van der Waals surface area (Å²) in [4.78, 5) is 26.0. The third kappa shape index (κ3) is 4.28. The number of rotatable bonds is 8. The fourth-order valence-electron chi connectivity index (χ4n) is 2.00. The van der Waals surface area contributed by atoms with Crippen molar-refractivity contribution in [3.8, 4) is 0 Å². The zero-order valence-electron chi connectivity index (χ0n) is 11.6. The normalized spacial score (nSPS) is 10.7. The summed E-state index contributed by atoms with van der Waals surface area (Å²) in [7, 11) is 0. The van der Waals surface area contributed by atoms with Crippen LogP contribution in [0.4, 0.5) is 11.8 Å². The number of hydrogen-bond donors (Lipinski definition) is 5. The van der Waals surface area contributed by atoms with Crippen LogP contribution in [-0.2, 0) is 4.79 Å². The number of amides is 1. The lowest BCUT2D eigenvalue weighted by Crippen LogP contribution is -2.17. The maximum atomic E-state index is 10.8. The largest absolute Gasteiger partial charge is 0.368 e. The van der Waals surface area contributed by atoms with E-state index in [1.165, 1.54) is 0 Å². The number of unbranched alkanes of at least 4 members (excludes halogenated alkanes) is 3. The molecule has 9 nitrogen and oxygen atoms in total. The molecule has 0 unspecified atom stereocenters. The molecule has 0 aliphatic heterocycles. The van der Waals surface area contributed by atoms with Gasteiger partial charge in [-0.05, 0) is 12.8 Å². The van der Waals surface area contributed by atoms with Crippen molar-refractivity contribution in [2.45, 2.75) is 32.1 Å². The first-order valence-corrected chi connectivity index (χ1v) is 6.84. The van der Waals surface area contributed by atoms with E-state index in [9.17, 15) is 4.79 Å². The molecular weight excluding hydrogens is 274 g/mol. The van der Waals surface area contributed by atoms with Crippen LogP contribution in [0.25, 0.3) is 11.2 Å². The fourth-order valence-corrected chi connectivity index (χ4v) is 2.00. The van der Waals surface area contributed by atoms with Gasteiger partial charge < -0.3 is 16.0 Å². The molecule has 0 aromatic carbocycles. The molecule has 2 aromatic heterocycles. The van der Waals surface area contributed by atoms with E-state index in [4.69, 9.17) is 10.9 Å². The van der Waals surface area contributed by atoms with Gasteiger partial charge in [0.1, 0.15) is 5.52 Å². The summed E-state index contributed by atoms with van der Waals surface area (Å²) in [6.07, 6.45) is 5.52. The predicted molar refractivity (Wildman–Crippen MR) is 77.6 cm³/mol. The second-order valence-electron chi connectivity index (χ2n) is 4.66. The van der Waals surface area contributed by atoms with E-state index in [0.29, 0.717) is 17.9 Å². The Balaban J connectivity index is 1.71. The number of imidazole rings is 1. The number of fused-ring (bicyclic) bond motifs is 1. The zero-order valence-corrected chi connectivity index (χ0v) is 11.6. The number of hydroxylamine groups is 1. The highest BCUT2D eigenvalue weighted by Gasteiger charge is 2.07. The Hall–Kier alpha value is -2.42. The minimum absolute atomic E-state index is 0.187. The van der Waals surface area contributed by atoms with Gasteiger partial charge in [-0.15, -0.1) is 0 Å². The van der Waals surface area contributed by atoms with Gasteiger partial charge >= 0.3 is 0 Å². The standard InChI is InChI=1S/C12H19N7O2/c13-12-17-10(9-11(18-12)16-7-15-9)14-6-4-2-1-3-5-8(20)19-21/h7,21H,1-6H2,(H,19,20)(H4,13,14,15,16,17,18). The SMILES string of the molecule is Nc1nc(NCCCCCCC(=O)NO)c2[nH]cnc2n1. The van der Waals surface area contributed by atoms with E-state index in [0.717, 1.165) is 37.7 Å². The monoisotopic (exact) mass is 293 g/mol. The summed E-state index contributed by atoms with van der Waals surface area (Å²) in [5, 5.41) is 11.6. The number of carbonyl (C=O) groups excluding carboxylic acids is 1. The molecule has 0 spiro atoms. The van der Waals surface area contributed by atoms with Gasteiger partial charge in [0.25, 0.3) is 0 Å². The molecule has 0 fully saturated rings. The predicted octanol–water partition coefficient (Wildman–Crippen LogP) is 0.803. The summed E-state index contributed by atoms with van der Waals surface area (Å²) < 4.78 is 0. The van der Waals surface area contributed by atoms with Crippen molar-refractivity contribution in [1.29, 1.82) is 0 Å². The third-order valence-corrected chi connectivity index (χ3v) is 3.05. The van der Waals surface area contributed by atoms with E-state index < -0.39 is 0 Å². The van der Waals surface area contributed by atoms with Crippen molar-refractivity contribution in [3.05, 3.63) is 6.33 Å². The van der Waals surface area contributed by atoms with Crippen molar-refractivity contribution < 1.29 is 10.0 Å². The average molecular weight is 293 g/mol. The first kappa shape index (κ1) is 15.0. The maximum absolute atomic E-state index is 10.8. The summed E-state index contributed by atoms with van der Waals surface area (Å²) in [5.74, 6) is 0.494. The molecule has 0 saturated heterocycles. The first-order valence-electron chi connectivity index (χ1n) is 6.84. The topological polar surface area (TPSA) is 142 Å². The number of nitrogens with zero attached hydrogens (tertiary/aromatic N) is 3. The molecule has 21 heavy (non-hydrogen) atoms. The molecular formula is C12H19N7O2. The van der Waals surface area contributed by atoms with Crippen LogP contribution < -0.4 is 16.5 Å². The Morgan fingerprint density at radius 1 is 1.29 bits per heavy atom. The number of nitrogens with one attached hydrogen (secondary N) is 3. The first-order chi connectivity index (χ1) is 10.2. The average Bonchev–Trinajstić information content (AvgIpc) is 2.93. The van der Waals surface area contributed by atoms with Crippen molar-refractivity contribution in [1.82, 2.24) is 25.4 Å². The second-order valence-corrected chi connectivity index (χ2v) is 4.66. The molecule has 0 atom stereocenters. The summed E-state index contributed by atoms with van der Waals surface area (Å²) in [5.41, 5.74) is 8.52. The van der Waals surface area contributed by atoms with E-state index in [1.807, 2.05) is 0 Å². The molecule has 1 amide bonds. The van der Waals surface area contributed by atoms with Crippen molar-refractivity contribution in [2.24, 2.45) is 0 Å². The summed E-state index contributed by atoms with van der Waals surface area (Å²) in [6, 6.07) is 0. The number of nitrogen functional groups attached to an aromatic ring is 1. The van der Waals surface area contributed by atoms with E-state index >= 15 is 0 Å². The van der Waals surface area contributed by atoms with Gasteiger partial charge in [0, 0.05) is 13.0 Å². The van der Waals surface area contributed by atoms with Crippen LogP contribution in [0, 0.1) is 0 Å². The Morgan fingerprint density at radius 2 is 2.10 bits per heavy atom. The fraction of sp³-hybridized carbons (Fsp3) is 0.500. The van der Waals surface area contributed by atoms with Crippen molar-refractivity contribution in [2.75, 3.05) is 17.6 Å². The minimum Gasteiger partial charge on any atom is -0.368 e. The Morgan fingerprint density at radius 3 is 2.90 bits per heavy atom. The molecule has 0 radical (unpaired) electrons. The minimum atomic E-state index is -0.341. The van der Waals surface area contributed by atoms with Gasteiger partial charge in [0.05, 0.1) is 6.33 Å². The van der Waals surface area contributed by atoms with Crippen LogP contribution in [0.3, 0.4) is 0 Å². The Kier molecular flexibility index (Phi) is 5.27. The van der Waals surface area contributed by atoms with Crippen LogP contribution in [-0.4, -0.2) is 37.6 Å². The number of anilines is 2. The van der Waals surface area contributed by atoms with Crippen molar-refractivity contribution >= 4 is 28.8 Å². The van der Waals surface area contributed by atoms with E-state index in [-0.39, 0.29) is 11.9 Å². The van der Waals surface area contributed by atoms with Gasteiger partial charge in [-0.25, -0.2) is 10.5 Å². The lowest BCUT2D eigenvalue weighted by atomic mass is 10.1. The number of hydrogen-bond acceptors (Lipinski definition) is 7. The Labute approximate surface area is 121 Å². The lowest BCUT2D eigenvalue weighted by Gasteiger charge is -2.06. The van der Waals surface area contributed by atoms with Gasteiger partial charge in [0.2, 0.25) is 11.9 Å². The van der Waals surface area contributed by atoms with Crippen molar-refractivity contribution in [3.63, 3.8) is 0 Å². The van der Waals surface area contributed by atoms with E-state index in [1.54, 1.807) is 11.8 Å². The third-order valence-electron chi connectivity index (χ3n) is 3.05. The highest BCUT2D eigenvalue weighted by molar-refractivity contribution is 5.83. The highest BCUT2D eigenvalue weighted by atomic mass is 16.5. The number of nitrogens with two attached hydrogens (primary N) is 1. The number of aromatic amines is 1. The Bertz CT molecular complexity index is 598. The molecule has 0 bridgehead atoms. The summed E-state index contributed by atoms with van der Waals surface area (Å²) in [6.45, 7) is 0.747. The molecule has 0 saturated carbocycles. The molecule has 114 valence electrons. The van der Waals surface area contributed by atoms with Gasteiger partial charge in [-0.3, -0.25) is 10.0 Å². The zero-order chi connectivity index (χ0) is 15.1. The molecule has 9 heteroatoms. The molecule has 0 aliphatic rings. The van der Waals surface area contributed by atoms with Crippen LogP contribution in [0.1, 0.15) is 32.1 Å². The maximum Gasteiger partial charge on any atom is 0.243 e. The number of aromatic nitrogens is 4. The van der Waals surface area contributed by atoms with Gasteiger partial charge in [0.15, 0.2) is 11.5 Å². The van der Waals surface area contributed by atoms with E-state index in [2.05, 4.69) is 25.3 Å². The molecule has 0 aliphatic carbocycles. The van der Waals surface area contributed by atoms with Gasteiger partial charge in [-0.2, -0.15) is 9.97 Å². The smallest absolute Gasteiger partial charge is 0.243 e. The second kappa shape index (κ2) is 7.39. The number of H-pyrrole nitrogens is 1. The molecule has 6 N–H and O–H groups in total. The quantitative estimate of drug-likeness (QED) is 0.275. The summed E-state index contributed by atoms with van der Waals surface area (Å²) >= 11 is 0. The van der Waals surface area contributed by atoms with Crippen LogP contribution in [0.15, 0.2) is 6.33 Å².